The first-order valence-corrected chi connectivity index (χ1v) is 9.06. The normalized spacial score (nSPS) is 16.9. The third-order valence-corrected chi connectivity index (χ3v) is 5.80. The van der Waals surface area contributed by atoms with Gasteiger partial charge in [0.2, 0.25) is 10.0 Å². The second-order valence-corrected chi connectivity index (χ2v) is 7.69. The number of hydrogen-bond donors (Lipinski definition) is 2. The van der Waals surface area contributed by atoms with Crippen LogP contribution in [0.3, 0.4) is 0 Å². The summed E-state index contributed by atoms with van der Waals surface area (Å²) >= 11 is 0. The van der Waals surface area contributed by atoms with Gasteiger partial charge in [-0.15, -0.1) is 0 Å². The van der Waals surface area contributed by atoms with E-state index in [-0.39, 0.29) is 28.8 Å². The van der Waals surface area contributed by atoms with Crippen LogP contribution in [0.2, 0.25) is 0 Å². The maximum Gasteiger partial charge on any atom is 0.335 e. The molecule has 2 N–H and O–H groups in total. The summed E-state index contributed by atoms with van der Waals surface area (Å²) in [5.74, 6) is -1.35. The Balaban J connectivity index is 1.95. The standard InChI is InChI=1S/C15H20N2O5S/c1-2-23(21,22)17-8-6-13(7-9-17)16-14(18)11-4-3-5-12(10-11)15(19)20/h3-5,10,13H,2,6-9H2,1H3,(H,16,18)(H,19,20). The number of amides is 1. The summed E-state index contributed by atoms with van der Waals surface area (Å²) in [5.41, 5.74) is 0.343. The summed E-state index contributed by atoms with van der Waals surface area (Å²) in [5, 5.41) is 11.8. The van der Waals surface area contributed by atoms with Crippen molar-refractivity contribution in [3.8, 4) is 0 Å². The fourth-order valence-corrected chi connectivity index (χ4v) is 3.66. The van der Waals surface area contributed by atoms with Crippen molar-refractivity contribution in [1.82, 2.24) is 9.62 Å². The molecule has 1 amide bonds. The highest BCUT2D eigenvalue weighted by atomic mass is 32.2. The van der Waals surface area contributed by atoms with Crippen LogP contribution < -0.4 is 5.32 Å². The SMILES string of the molecule is CCS(=O)(=O)N1CCC(NC(=O)c2cccc(C(=O)O)c2)CC1. The number of piperidine rings is 1. The minimum Gasteiger partial charge on any atom is -0.478 e. The first-order chi connectivity index (χ1) is 10.8. The van der Waals surface area contributed by atoms with Gasteiger partial charge in [-0.3, -0.25) is 4.79 Å². The van der Waals surface area contributed by atoms with Crippen molar-refractivity contribution >= 4 is 21.9 Å². The van der Waals surface area contributed by atoms with Gasteiger partial charge in [0.25, 0.3) is 5.91 Å². The third-order valence-electron chi connectivity index (χ3n) is 3.92. The molecule has 1 heterocycles. The van der Waals surface area contributed by atoms with Gasteiger partial charge in [-0.2, -0.15) is 0 Å². The molecule has 0 aromatic heterocycles. The predicted octanol–water partition coefficient (Wildman–Crippen LogP) is 0.929. The Morgan fingerprint density at radius 3 is 2.43 bits per heavy atom. The van der Waals surface area contributed by atoms with Gasteiger partial charge >= 0.3 is 5.97 Å². The average Bonchev–Trinajstić information content (AvgIpc) is 2.55. The van der Waals surface area contributed by atoms with E-state index in [9.17, 15) is 18.0 Å². The lowest BCUT2D eigenvalue weighted by Gasteiger charge is -2.31. The van der Waals surface area contributed by atoms with Crippen molar-refractivity contribution in [2.45, 2.75) is 25.8 Å². The molecule has 1 aliphatic rings. The van der Waals surface area contributed by atoms with Gasteiger partial charge in [0, 0.05) is 24.7 Å². The number of rotatable bonds is 5. The fraction of sp³-hybridized carbons (Fsp3) is 0.467. The number of carboxylic acid groups (broad SMARTS) is 1. The molecule has 0 bridgehead atoms. The van der Waals surface area contributed by atoms with E-state index in [1.807, 2.05) is 0 Å². The van der Waals surface area contributed by atoms with Crippen LogP contribution in [-0.2, 0) is 10.0 Å². The molecule has 1 aromatic rings. The Bertz CT molecular complexity index is 694. The van der Waals surface area contributed by atoms with E-state index in [0.717, 1.165) is 0 Å². The Kier molecular flexibility index (Phi) is 5.38. The Hall–Kier alpha value is -1.93. The molecule has 1 saturated heterocycles. The van der Waals surface area contributed by atoms with Crippen molar-refractivity contribution in [1.29, 1.82) is 0 Å². The van der Waals surface area contributed by atoms with Gasteiger partial charge in [0.05, 0.1) is 11.3 Å². The van der Waals surface area contributed by atoms with Crippen LogP contribution in [0.5, 0.6) is 0 Å². The molecule has 0 atom stereocenters. The van der Waals surface area contributed by atoms with Crippen LogP contribution in [0.25, 0.3) is 0 Å². The van der Waals surface area contributed by atoms with Crippen molar-refractivity contribution < 1.29 is 23.1 Å². The lowest BCUT2D eigenvalue weighted by Crippen LogP contribution is -2.46. The quantitative estimate of drug-likeness (QED) is 0.830. The molecule has 126 valence electrons. The zero-order valence-electron chi connectivity index (χ0n) is 12.9. The van der Waals surface area contributed by atoms with Crippen molar-refractivity contribution in [3.05, 3.63) is 35.4 Å². The van der Waals surface area contributed by atoms with Crippen LogP contribution in [0.15, 0.2) is 24.3 Å². The van der Waals surface area contributed by atoms with Crippen LogP contribution in [0.4, 0.5) is 0 Å². The van der Waals surface area contributed by atoms with Crippen molar-refractivity contribution in [3.63, 3.8) is 0 Å². The molecule has 0 spiro atoms. The zero-order valence-corrected chi connectivity index (χ0v) is 13.7. The molecule has 1 fully saturated rings. The highest BCUT2D eigenvalue weighted by molar-refractivity contribution is 7.89. The molecule has 7 nitrogen and oxygen atoms in total. The van der Waals surface area contributed by atoms with Gasteiger partial charge in [-0.25, -0.2) is 17.5 Å². The topological polar surface area (TPSA) is 104 Å². The fourth-order valence-electron chi connectivity index (χ4n) is 2.52. The largest absolute Gasteiger partial charge is 0.478 e. The van der Waals surface area contributed by atoms with E-state index in [1.165, 1.54) is 22.5 Å². The molecule has 8 heteroatoms. The summed E-state index contributed by atoms with van der Waals surface area (Å²) in [7, 11) is -3.19. The zero-order chi connectivity index (χ0) is 17.0. The second-order valence-electron chi connectivity index (χ2n) is 5.43. The smallest absolute Gasteiger partial charge is 0.335 e. The minimum absolute atomic E-state index is 0.0570. The van der Waals surface area contributed by atoms with Gasteiger partial charge in [-0.1, -0.05) is 6.07 Å². The van der Waals surface area contributed by atoms with Crippen LogP contribution in [0.1, 0.15) is 40.5 Å². The van der Waals surface area contributed by atoms with Crippen LogP contribution in [0, 0.1) is 0 Å². The van der Waals surface area contributed by atoms with Crippen LogP contribution >= 0.6 is 0 Å². The molecule has 0 saturated carbocycles. The molecular formula is C15H20N2O5S. The monoisotopic (exact) mass is 340 g/mol. The number of sulfonamides is 1. The lowest BCUT2D eigenvalue weighted by atomic mass is 10.1. The number of carboxylic acids is 1. The van der Waals surface area contributed by atoms with Gasteiger partial charge in [0.1, 0.15) is 0 Å². The first-order valence-electron chi connectivity index (χ1n) is 7.45. The summed E-state index contributed by atoms with van der Waals surface area (Å²) in [6, 6.07) is 5.72. The Morgan fingerprint density at radius 1 is 1.26 bits per heavy atom. The maximum atomic E-state index is 12.2. The van der Waals surface area contributed by atoms with E-state index in [2.05, 4.69) is 5.32 Å². The summed E-state index contributed by atoms with van der Waals surface area (Å²) in [6.07, 6.45) is 1.09. The second kappa shape index (κ2) is 7.10. The van der Waals surface area contributed by atoms with E-state index in [1.54, 1.807) is 13.0 Å². The number of carbonyl (C=O) groups excluding carboxylic acids is 1. The molecule has 1 aliphatic heterocycles. The number of carbonyl (C=O) groups is 2. The summed E-state index contributed by atoms with van der Waals surface area (Å²) in [6.45, 7) is 2.38. The molecule has 0 unspecified atom stereocenters. The molecule has 23 heavy (non-hydrogen) atoms. The number of aromatic carboxylic acids is 1. The summed E-state index contributed by atoms with van der Waals surface area (Å²) < 4.78 is 25.0. The maximum absolute atomic E-state index is 12.2. The van der Waals surface area contributed by atoms with E-state index in [4.69, 9.17) is 5.11 Å². The van der Waals surface area contributed by atoms with E-state index in [0.29, 0.717) is 25.9 Å². The predicted molar refractivity (Wildman–Crippen MR) is 84.9 cm³/mol. The number of nitrogens with zero attached hydrogens (tertiary/aromatic N) is 1. The van der Waals surface area contributed by atoms with Crippen LogP contribution in [-0.4, -0.2) is 54.6 Å². The molecule has 2 rings (SSSR count). The number of benzene rings is 1. The van der Waals surface area contributed by atoms with Crippen molar-refractivity contribution in [2.24, 2.45) is 0 Å². The van der Waals surface area contributed by atoms with Crippen molar-refractivity contribution in [2.75, 3.05) is 18.8 Å². The molecule has 0 radical (unpaired) electrons. The number of nitrogens with one attached hydrogen (secondary N) is 1. The van der Waals surface area contributed by atoms with E-state index < -0.39 is 16.0 Å². The first kappa shape index (κ1) is 17.4. The molecule has 0 aliphatic carbocycles. The summed E-state index contributed by atoms with van der Waals surface area (Å²) in [4.78, 5) is 23.1. The highest BCUT2D eigenvalue weighted by Gasteiger charge is 2.27. The van der Waals surface area contributed by atoms with Gasteiger partial charge < -0.3 is 10.4 Å². The Labute approximate surface area is 135 Å². The third kappa shape index (κ3) is 4.29. The van der Waals surface area contributed by atoms with Gasteiger partial charge in [0.15, 0.2) is 0 Å². The average molecular weight is 340 g/mol. The molecule has 1 aromatic carbocycles. The minimum atomic E-state index is -3.19. The van der Waals surface area contributed by atoms with E-state index >= 15 is 0 Å². The number of hydrogen-bond acceptors (Lipinski definition) is 4. The highest BCUT2D eigenvalue weighted by Crippen LogP contribution is 2.15. The van der Waals surface area contributed by atoms with Gasteiger partial charge in [-0.05, 0) is 38.0 Å². The molecular weight excluding hydrogens is 320 g/mol. The Morgan fingerprint density at radius 2 is 1.87 bits per heavy atom. The lowest BCUT2D eigenvalue weighted by molar-refractivity contribution is 0.0697.